The van der Waals surface area contributed by atoms with Crippen LogP contribution in [0.25, 0.3) is 0 Å². The molecule has 29 valence electrons. The molecule has 0 bridgehead atoms. The van der Waals surface area contributed by atoms with E-state index in [1.807, 2.05) is 0 Å². The SMILES string of the molecule is CN([S])C=O. The van der Waals surface area contributed by atoms with Gasteiger partial charge in [0.1, 0.15) is 0 Å². The topological polar surface area (TPSA) is 20.3 Å². The summed E-state index contributed by atoms with van der Waals surface area (Å²) in [4.78, 5) is 9.33. The van der Waals surface area contributed by atoms with Crippen molar-refractivity contribution in [3.05, 3.63) is 0 Å². The molecule has 0 atom stereocenters. The fourth-order valence-electron chi connectivity index (χ4n) is 0. The molecule has 3 heteroatoms. The third kappa shape index (κ3) is 3.82. The van der Waals surface area contributed by atoms with Crippen LogP contribution in [0.1, 0.15) is 0 Å². The maximum absolute atomic E-state index is 9.33. The number of rotatable bonds is 1. The number of hydrogen-bond acceptors (Lipinski definition) is 1. The molecule has 0 aromatic heterocycles. The molecule has 0 spiro atoms. The highest BCUT2D eigenvalue weighted by atomic mass is 32.1. The molecule has 1 radical (unpaired) electrons. The van der Waals surface area contributed by atoms with E-state index < -0.39 is 0 Å². The quantitative estimate of drug-likeness (QED) is 0.421. The van der Waals surface area contributed by atoms with Crippen LogP contribution >= 0.6 is 12.8 Å². The van der Waals surface area contributed by atoms with Crippen molar-refractivity contribution in [1.29, 1.82) is 0 Å². The third-order valence-electron chi connectivity index (χ3n) is 0.148. The minimum absolute atomic E-state index is 0.565. The molecule has 0 aromatic carbocycles. The van der Waals surface area contributed by atoms with Gasteiger partial charge in [0.25, 0.3) is 0 Å². The molecular formula is C2H4NOS. The summed E-state index contributed by atoms with van der Waals surface area (Å²) in [5.74, 6) is 0. The average Bonchev–Trinajstić information content (AvgIpc) is 1.38. The van der Waals surface area contributed by atoms with Crippen LogP contribution in [-0.4, -0.2) is 17.8 Å². The van der Waals surface area contributed by atoms with Crippen molar-refractivity contribution < 1.29 is 4.79 Å². The molecule has 0 N–H and O–H groups in total. The number of amides is 1. The average molecular weight is 90.1 g/mol. The number of carbonyl (C=O) groups is 1. The Labute approximate surface area is 36.3 Å². The Hall–Kier alpha value is -0.180. The zero-order valence-electron chi connectivity index (χ0n) is 2.84. The molecule has 2 nitrogen and oxygen atoms in total. The lowest BCUT2D eigenvalue weighted by Gasteiger charge is -1.88. The normalized spacial score (nSPS) is 6.80. The fourth-order valence-corrected chi connectivity index (χ4v) is 0. The van der Waals surface area contributed by atoms with Crippen LogP contribution in [0, 0.1) is 0 Å². The van der Waals surface area contributed by atoms with Gasteiger partial charge in [0.05, 0.1) is 0 Å². The van der Waals surface area contributed by atoms with Gasteiger partial charge in [-0.1, -0.05) is 0 Å². The van der Waals surface area contributed by atoms with E-state index in [-0.39, 0.29) is 0 Å². The van der Waals surface area contributed by atoms with Crippen molar-refractivity contribution >= 4 is 19.2 Å². The Morgan fingerprint density at radius 3 is 2.20 bits per heavy atom. The second-order valence-corrected chi connectivity index (χ2v) is 1.23. The van der Waals surface area contributed by atoms with Crippen LogP contribution in [0.2, 0.25) is 0 Å². The van der Waals surface area contributed by atoms with Crippen LogP contribution in [0.4, 0.5) is 0 Å². The molecule has 0 heterocycles. The van der Waals surface area contributed by atoms with Crippen molar-refractivity contribution in [2.24, 2.45) is 0 Å². The predicted molar refractivity (Wildman–Crippen MR) is 21.4 cm³/mol. The van der Waals surface area contributed by atoms with Crippen LogP contribution in [0.3, 0.4) is 0 Å². The molecule has 1 amide bonds. The molecule has 0 unspecified atom stereocenters. The van der Waals surface area contributed by atoms with E-state index in [4.69, 9.17) is 0 Å². The van der Waals surface area contributed by atoms with E-state index in [2.05, 4.69) is 12.8 Å². The van der Waals surface area contributed by atoms with Gasteiger partial charge in [-0.2, -0.15) is 0 Å². The molecule has 0 saturated carbocycles. The first-order valence-corrected chi connectivity index (χ1v) is 1.49. The Balaban J connectivity index is 2.83. The van der Waals surface area contributed by atoms with Gasteiger partial charge in [-0.15, -0.1) is 0 Å². The molecular weight excluding hydrogens is 86.1 g/mol. The van der Waals surface area contributed by atoms with E-state index in [1.54, 1.807) is 0 Å². The lowest BCUT2D eigenvalue weighted by atomic mass is 11.2. The fraction of sp³-hybridized carbons (Fsp3) is 0.500. The summed E-state index contributed by atoms with van der Waals surface area (Å²) < 4.78 is 1.03. The summed E-state index contributed by atoms with van der Waals surface area (Å²) in [7, 11) is 1.50. The van der Waals surface area contributed by atoms with E-state index >= 15 is 0 Å². The molecule has 0 rings (SSSR count). The lowest BCUT2D eigenvalue weighted by Crippen LogP contribution is -1.97. The zero-order chi connectivity index (χ0) is 4.28. The van der Waals surface area contributed by atoms with Crippen molar-refractivity contribution in [3.8, 4) is 0 Å². The summed E-state index contributed by atoms with van der Waals surface area (Å²) in [6, 6.07) is 0. The van der Waals surface area contributed by atoms with Crippen molar-refractivity contribution in [1.82, 2.24) is 4.31 Å². The molecule has 0 fully saturated rings. The molecule has 0 aliphatic carbocycles. The van der Waals surface area contributed by atoms with Crippen molar-refractivity contribution in [2.45, 2.75) is 0 Å². The summed E-state index contributed by atoms with van der Waals surface area (Å²) in [6.45, 7) is 0. The second kappa shape index (κ2) is 2.08. The van der Waals surface area contributed by atoms with Gasteiger partial charge in [-0.25, -0.2) is 0 Å². The summed E-state index contributed by atoms with van der Waals surface area (Å²) in [5, 5.41) is 0. The van der Waals surface area contributed by atoms with Crippen molar-refractivity contribution in [3.63, 3.8) is 0 Å². The minimum Gasteiger partial charge on any atom is -0.282 e. The number of carbonyl (C=O) groups excluding carboxylic acids is 1. The van der Waals surface area contributed by atoms with Gasteiger partial charge in [0.15, 0.2) is 0 Å². The highest BCUT2D eigenvalue weighted by molar-refractivity contribution is 7.78. The zero-order valence-corrected chi connectivity index (χ0v) is 3.66. The first kappa shape index (κ1) is 4.82. The van der Waals surface area contributed by atoms with E-state index in [9.17, 15) is 4.79 Å². The summed E-state index contributed by atoms with van der Waals surface area (Å²) >= 11 is 4.25. The van der Waals surface area contributed by atoms with Crippen LogP contribution in [-0.2, 0) is 4.79 Å². The monoisotopic (exact) mass is 90.0 g/mol. The molecule has 0 aliphatic heterocycles. The van der Waals surface area contributed by atoms with E-state index in [1.165, 1.54) is 7.05 Å². The van der Waals surface area contributed by atoms with Gasteiger partial charge in [-0.05, 0) is 0 Å². The van der Waals surface area contributed by atoms with Gasteiger partial charge in [-0.3, -0.25) is 9.10 Å². The summed E-state index contributed by atoms with van der Waals surface area (Å²) in [5.41, 5.74) is 0. The maximum atomic E-state index is 9.33. The van der Waals surface area contributed by atoms with Crippen molar-refractivity contribution in [2.75, 3.05) is 7.05 Å². The Morgan fingerprint density at radius 2 is 2.20 bits per heavy atom. The van der Waals surface area contributed by atoms with E-state index in [0.29, 0.717) is 6.41 Å². The van der Waals surface area contributed by atoms with Gasteiger partial charge in [0.2, 0.25) is 6.41 Å². The van der Waals surface area contributed by atoms with E-state index in [0.717, 1.165) is 4.31 Å². The number of nitrogens with zero attached hydrogens (tertiary/aromatic N) is 1. The predicted octanol–water partition coefficient (Wildman–Crippen LogP) is 0.187. The Bertz CT molecular complexity index is 36.6. The van der Waals surface area contributed by atoms with Crippen LogP contribution in [0.5, 0.6) is 0 Å². The molecule has 5 heavy (non-hydrogen) atoms. The molecule has 0 aromatic rings. The highest BCUT2D eigenvalue weighted by Gasteiger charge is 1.72. The third-order valence-corrected chi connectivity index (χ3v) is 0.235. The smallest absolute Gasteiger partial charge is 0.220 e. The first-order valence-electron chi connectivity index (χ1n) is 1.12. The van der Waals surface area contributed by atoms with Crippen LogP contribution < -0.4 is 0 Å². The molecule has 0 saturated heterocycles. The van der Waals surface area contributed by atoms with Crippen LogP contribution in [0.15, 0.2) is 0 Å². The van der Waals surface area contributed by atoms with Gasteiger partial charge < -0.3 is 0 Å². The highest BCUT2D eigenvalue weighted by Crippen LogP contribution is 1.72. The maximum Gasteiger partial charge on any atom is 0.220 e. The first-order chi connectivity index (χ1) is 2.27. The largest absolute Gasteiger partial charge is 0.282 e. The Morgan fingerprint density at radius 1 is 2.00 bits per heavy atom. The minimum atomic E-state index is 0.565. The lowest BCUT2D eigenvalue weighted by molar-refractivity contribution is -0.112. The number of hydrogen-bond donors (Lipinski definition) is 0. The Kier molecular flexibility index (Phi) is 2.01. The van der Waals surface area contributed by atoms with Gasteiger partial charge >= 0.3 is 0 Å². The van der Waals surface area contributed by atoms with Gasteiger partial charge in [0, 0.05) is 19.9 Å². The second-order valence-electron chi connectivity index (χ2n) is 0.652. The molecule has 0 aliphatic rings. The standard InChI is InChI=1S/C2H4NOS/c1-3(5)2-4/h2H,1H3. The summed E-state index contributed by atoms with van der Waals surface area (Å²) in [6.07, 6.45) is 0.565.